The van der Waals surface area contributed by atoms with Gasteiger partial charge in [-0.2, -0.15) is 5.10 Å². The summed E-state index contributed by atoms with van der Waals surface area (Å²) >= 11 is 0. The highest BCUT2D eigenvalue weighted by Gasteiger charge is 2.23. The zero-order valence-electron chi connectivity index (χ0n) is 20.4. The lowest BCUT2D eigenvalue weighted by atomic mass is 9.92. The second-order valence-corrected chi connectivity index (χ2v) is 9.24. The van der Waals surface area contributed by atoms with E-state index in [4.69, 9.17) is 5.10 Å². The smallest absolute Gasteiger partial charge is 0.315 e. The number of aryl methyl sites for hydroxylation is 1. The molecule has 0 saturated carbocycles. The van der Waals surface area contributed by atoms with Crippen molar-refractivity contribution in [2.24, 2.45) is 0 Å². The molecular formula is C26H32FN5O2. The van der Waals surface area contributed by atoms with Gasteiger partial charge in [0.1, 0.15) is 18.2 Å². The van der Waals surface area contributed by atoms with Crippen LogP contribution in [0.15, 0.2) is 54.6 Å². The van der Waals surface area contributed by atoms with Crippen molar-refractivity contribution in [3.05, 3.63) is 71.7 Å². The molecule has 8 heteroatoms. The lowest BCUT2D eigenvalue weighted by molar-refractivity contribution is -0.116. The molecule has 1 heterocycles. The molecule has 0 spiro atoms. The average Bonchev–Trinajstić information content (AvgIpc) is 3.19. The fourth-order valence-electron chi connectivity index (χ4n) is 3.46. The fourth-order valence-corrected chi connectivity index (χ4v) is 3.46. The monoisotopic (exact) mass is 465 g/mol. The summed E-state index contributed by atoms with van der Waals surface area (Å²) in [6.07, 6.45) is 0.646. The molecule has 2 aromatic carbocycles. The minimum absolute atomic E-state index is 0.0708. The van der Waals surface area contributed by atoms with E-state index in [1.54, 1.807) is 16.8 Å². The summed E-state index contributed by atoms with van der Waals surface area (Å²) in [4.78, 5) is 27.1. The molecule has 0 saturated heterocycles. The van der Waals surface area contributed by atoms with Crippen molar-refractivity contribution in [3.63, 3.8) is 0 Å². The van der Waals surface area contributed by atoms with E-state index in [2.05, 4.69) is 31.4 Å². The van der Waals surface area contributed by atoms with Gasteiger partial charge in [0.2, 0.25) is 5.91 Å². The van der Waals surface area contributed by atoms with E-state index < -0.39 is 11.8 Å². The third-order valence-corrected chi connectivity index (χ3v) is 5.32. The maximum Gasteiger partial charge on any atom is 0.322 e. The summed E-state index contributed by atoms with van der Waals surface area (Å²) in [5, 5.41) is 10.2. The summed E-state index contributed by atoms with van der Waals surface area (Å²) < 4.78 is 15.7. The van der Waals surface area contributed by atoms with Gasteiger partial charge in [0.25, 0.3) is 0 Å². The molecule has 3 amide bonds. The Morgan fingerprint density at radius 3 is 2.38 bits per heavy atom. The number of hydrogen-bond donors (Lipinski definition) is 2. The third kappa shape index (κ3) is 6.01. The third-order valence-electron chi connectivity index (χ3n) is 5.32. The number of halogens is 1. The molecule has 1 aromatic heterocycles. The number of benzene rings is 2. The van der Waals surface area contributed by atoms with Gasteiger partial charge >= 0.3 is 6.03 Å². The Morgan fingerprint density at radius 1 is 1.06 bits per heavy atom. The molecule has 0 aliphatic rings. The van der Waals surface area contributed by atoms with Crippen LogP contribution in [0.4, 0.5) is 20.7 Å². The number of nitrogens with zero attached hydrogens (tertiary/aromatic N) is 3. The van der Waals surface area contributed by atoms with Crippen LogP contribution in [0.1, 0.15) is 45.4 Å². The first-order chi connectivity index (χ1) is 16.1. The summed E-state index contributed by atoms with van der Waals surface area (Å²) in [5.41, 5.74) is 2.55. The number of anilines is 2. The molecule has 0 atom stereocenters. The minimum Gasteiger partial charge on any atom is -0.315 e. The number of carbonyl (C=O) groups excluding carboxylic acids is 2. The molecule has 0 unspecified atom stereocenters. The number of hydrogen-bond acceptors (Lipinski definition) is 3. The molecule has 0 aliphatic carbocycles. The van der Waals surface area contributed by atoms with Crippen molar-refractivity contribution in [2.75, 3.05) is 23.7 Å². The van der Waals surface area contributed by atoms with Gasteiger partial charge in [0, 0.05) is 18.0 Å². The highest BCUT2D eigenvalue weighted by Crippen LogP contribution is 2.27. The van der Waals surface area contributed by atoms with Crippen LogP contribution in [0.2, 0.25) is 0 Å². The van der Waals surface area contributed by atoms with Crippen molar-refractivity contribution in [3.8, 4) is 5.69 Å². The number of carbonyl (C=O) groups is 2. The van der Waals surface area contributed by atoms with Gasteiger partial charge in [-0.3, -0.25) is 4.79 Å². The van der Waals surface area contributed by atoms with Crippen molar-refractivity contribution < 1.29 is 14.0 Å². The summed E-state index contributed by atoms with van der Waals surface area (Å²) in [5.74, 6) is -0.379. The highest BCUT2D eigenvalue weighted by atomic mass is 19.1. The molecule has 0 bridgehead atoms. The van der Waals surface area contributed by atoms with Gasteiger partial charge in [0.15, 0.2) is 0 Å². The first-order valence-corrected chi connectivity index (χ1v) is 11.4. The Labute approximate surface area is 200 Å². The van der Waals surface area contributed by atoms with E-state index in [0.29, 0.717) is 18.8 Å². The Morgan fingerprint density at radius 2 is 1.74 bits per heavy atom. The van der Waals surface area contributed by atoms with Crippen molar-refractivity contribution >= 4 is 23.4 Å². The van der Waals surface area contributed by atoms with Gasteiger partial charge in [-0.25, -0.2) is 13.9 Å². The maximum atomic E-state index is 14.0. The molecule has 0 radical (unpaired) electrons. The fraction of sp³-hybridized carbons (Fsp3) is 0.346. The zero-order valence-corrected chi connectivity index (χ0v) is 20.4. The molecule has 7 nitrogen and oxygen atoms in total. The van der Waals surface area contributed by atoms with Gasteiger partial charge in [0.05, 0.1) is 17.1 Å². The van der Waals surface area contributed by atoms with Crippen LogP contribution in [-0.2, 0) is 10.2 Å². The molecule has 0 aliphatic heterocycles. The van der Waals surface area contributed by atoms with Gasteiger partial charge in [-0.1, -0.05) is 58.0 Å². The predicted octanol–water partition coefficient (Wildman–Crippen LogP) is 5.50. The van der Waals surface area contributed by atoms with Crippen molar-refractivity contribution in [1.82, 2.24) is 14.7 Å². The minimum atomic E-state index is -0.537. The van der Waals surface area contributed by atoms with E-state index in [9.17, 15) is 14.0 Å². The predicted molar refractivity (Wildman–Crippen MR) is 133 cm³/mol. The van der Waals surface area contributed by atoms with E-state index in [1.165, 1.54) is 17.0 Å². The summed E-state index contributed by atoms with van der Waals surface area (Å²) in [6.45, 7) is 10.2. The molecule has 34 heavy (non-hydrogen) atoms. The number of nitrogens with one attached hydrogen (secondary N) is 2. The standard InChI is InChI=1S/C26H32FN5O2/c1-6-15-31(25(34)28-20-13-9-8-12-19(20)27)17-24(33)29-23-16-22(26(3,4)5)30-32(23)21-14-10-7-11-18(21)2/h7-14,16H,6,15,17H2,1-5H3,(H,28,34)(H,29,33). The van der Waals surface area contributed by atoms with E-state index in [1.807, 2.05) is 44.2 Å². The van der Waals surface area contributed by atoms with Crippen LogP contribution < -0.4 is 10.6 Å². The van der Waals surface area contributed by atoms with Gasteiger partial charge in [-0.15, -0.1) is 0 Å². The van der Waals surface area contributed by atoms with Crippen LogP contribution >= 0.6 is 0 Å². The molecule has 2 N–H and O–H groups in total. The van der Waals surface area contributed by atoms with E-state index in [0.717, 1.165) is 16.9 Å². The number of para-hydroxylation sites is 2. The van der Waals surface area contributed by atoms with Crippen LogP contribution in [-0.4, -0.2) is 39.7 Å². The molecule has 3 aromatic rings. The van der Waals surface area contributed by atoms with E-state index >= 15 is 0 Å². The Hall–Kier alpha value is -3.68. The van der Waals surface area contributed by atoms with Crippen LogP contribution in [0, 0.1) is 12.7 Å². The molecule has 180 valence electrons. The second kappa shape index (κ2) is 10.5. The van der Waals surface area contributed by atoms with Gasteiger partial charge < -0.3 is 15.5 Å². The number of urea groups is 1. The number of rotatable bonds is 7. The van der Waals surface area contributed by atoms with Crippen molar-refractivity contribution in [2.45, 2.75) is 46.5 Å². The lowest BCUT2D eigenvalue weighted by Crippen LogP contribution is -2.41. The van der Waals surface area contributed by atoms with E-state index in [-0.39, 0.29) is 23.6 Å². The quantitative estimate of drug-likeness (QED) is 0.484. The largest absolute Gasteiger partial charge is 0.322 e. The Balaban J connectivity index is 1.82. The number of aromatic nitrogens is 2. The van der Waals surface area contributed by atoms with Crippen molar-refractivity contribution in [1.29, 1.82) is 0 Å². The maximum absolute atomic E-state index is 14.0. The summed E-state index contributed by atoms with van der Waals surface area (Å²) in [6, 6.07) is 15.0. The zero-order chi connectivity index (χ0) is 24.9. The lowest BCUT2D eigenvalue weighted by Gasteiger charge is -2.22. The van der Waals surface area contributed by atoms with Crippen LogP contribution in [0.3, 0.4) is 0 Å². The number of amides is 3. The first kappa shape index (κ1) is 25.0. The van der Waals surface area contributed by atoms with Crippen LogP contribution in [0.5, 0.6) is 0 Å². The Bertz CT molecular complexity index is 1170. The molecular weight excluding hydrogens is 433 g/mol. The second-order valence-electron chi connectivity index (χ2n) is 9.24. The van der Waals surface area contributed by atoms with Gasteiger partial charge in [-0.05, 0) is 37.1 Å². The van der Waals surface area contributed by atoms with Crippen LogP contribution in [0.25, 0.3) is 5.69 Å². The SMILES string of the molecule is CCCN(CC(=O)Nc1cc(C(C)(C)C)nn1-c1ccccc1C)C(=O)Nc1ccccc1F. The Kier molecular flexibility index (Phi) is 7.71. The molecule has 0 fully saturated rings. The topological polar surface area (TPSA) is 79.3 Å². The normalized spacial score (nSPS) is 11.2. The average molecular weight is 466 g/mol. The first-order valence-electron chi connectivity index (χ1n) is 11.4. The highest BCUT2D eigenvalue weighted by molar-refractivity contribution is 5.96. The summed E-state index contributed by atoms with van der Waals surface area (Å²) in [7, 11) is 0. The molecule has 3 rings (SSSR count).